The molecular weight excluding hydrogens is 564 g/mol. The number of hydrogen-bond donors (Lipinski definition) is 4. The molecule has 12 heteroatoms. The zero-order valence-corrected chi connectivity index (χ0v) is 24.9. The quantitative estimate of drug-likeness (QED) is 0.200. The van der Waals surface area contributed by atoms with Gasteiger partial charge in [0.25, 0.3) is 0 Å². The summed E-state index contributed by atoms with van der Waals surface area (Å²) < 4.78 is 29.5. The molecule has 0 aromatic carbocycles. The number of epoxide rings is 1. The second kappa shape index (κ2) is 9.61. The Morgan fingerprint density at radius 3 is 2.47 bits per heavy atom. The number of carbonyl (C=O) groups excluding carboxylic acids is 2. The van der Waals surface area contributed by atoms with E-state index in [0.29, 0.717) is 11.1 Å². The van der Waals surface area contributed by atoms with E-state index in [1.54, 1.807) is 40.7 Å². The summed E-state index contributed by atoms with van der Waals surface area (Å²) in [6, 6.07) is 1.69. The number of hydrogen-bond acceptors (Lipinski definition) is 11. The maximum Gasteiger partial charge on any atom is 0.335 e. The predicted octanol–water partition coefficient (Wildman–Crippen LogP) is 1.56. The molecule has 236 valence electrons. The van der Waals surface area contributed by atoms with E-state index in [9.17, 15) is 34.8 Å². The van der Waals surface area contributed by atoms with Crippen LogP contribution in [0.3, 0.4) is 0 Å². The summed E-state index contributed by atoms with van der Waals surface area (Å²) in [5, 5.41) is 44.6. The maximum atomic E-state index is 13.4. The molecule has 2 saturated carbocycles. The molecule has 6 rings (SSSR count). The molecule has 13 atom stereocenters. The van der Waals surface area contributed by atoms with Crippen LogP contribution in [0.4, 0.5) is 0 Å². The average molecular weight is 605 g/mol. The third-order valence-corrected chi connectivity index (χ3v) is 11.4. The fourth-order valence-corrected chi connectivity index (χ4v) is 9.32. The smallest absolute Gasteiger partial charge is 0.335 e. The largest absolute Gasteiger partial charge is 0.481 e. The highest BCUT2D eigenvalue weighted by Crippen LogP contribution is 2.76. The first-order valence-electron chi connectivity index (χ1n) is 14.7. The molecule has 12 nitrogen and oxygen atoms in total. The predicted molar refractivity (Wildman–Crippen MR) is 145 cm³/mol. The molecule has 5 fully saturated rings. The van der Waals surface area contributed by atoms with Gasteiger partial charge in [0.05, 0.1) is 55.7 Å². The standard InChI is InChI=1S/C31H40O12/c1-13(2)22(35)27(38)41-25-23(36)20(29(5)16-9-19(34)42-28(16,4)12-40-17(29)10-18(32)33)14(3)31-26(43-31)24(37)21(30(25,31)6)15-7-8-39-11-15/h7-8,11,13,16-17,20-26,35-37H,3,9-10,12H2,1-2,4-6H3,(H,32,33)/t16-,17+,20+,21+,22-,23+,24+,25-,26+,28-,29+,30+,31+/m0/s1. The number of carbonyl (C=O) groups is 3. The number of aliphatic carboxylic acids is 1. The Labute approximate surface area is 248 Å². The minimum Gasteiger partial charge on any atom is -0.481 e. The lowest BCUT2D eigenvalue weighted by Crippen LogP contribution is -2.69. The molecule has 0 amide bonds. The summed E-state index contributed by atoms with van der Waals surface area (Å²) in [5.74, 6) is -5.41. The van der Waals surface area contributed by atoms with Crippen molar-refractivity contribution in [1.82, 2.24) is 0 Å². The number of aliphatic hydroxyl groups is 3. The molecule has 43 heavy (non-hydrogen) atoms. The fourth-order valence-electron chi connectivity index (χ4n) is 9.32. The van der Waals surface area contributed by atoms with Gasteiger partial charge in [-0.05, 0) is 30.0 Å². The van der Waals surface area contributed by atoms with Crippen LogP contribution in [-0.4, -0.2) is 92.8 Å². The molecule has 3 saturated heterocycles. The highest BCUT2D eigenvalue weighted by molar-refractivity contribution is 5.75. The minimum absolute atomic E-state index is 0.0332. The number of furan rings is 1. The van der Waals surface area contributed by atoms with Crippen LogP contribution in [0.5, 0.6) is 0 Å². The van der Waals surface area contributed by atoms with Gasteiger partial charge in [-0.2, -0.15) is 0 Å². The van der Waals surface area contributed by atoms with Gasteiger partial charge in [-0.1, -0.05) is 34.3 Å². The number of rotatable bonds is 7. The van der Waals surface area contributed by atoms with E-state index in [1.165, 1.54) is 12.5 Å². The molecular formula is C31H40O12. The van der Waals surface area contributed by atoms with Crippen molar-refractivity contribution in [3.05, 3.63) is 36.3 Å². The van der Waals surface area contributed by atoms with E-state index in [2.05, 4.69) is 6.58 Å². The first-order chi connectivity index (χ1) is 20.1. The van der Waals surface area contributed by atoms with Crippen LogP contribution in [0.1, 0.15) is 58.9 Å². The van der Waals surface area contributed by atoms with Crippen molar-refractivity contribution in [3.8, 4) is 0 Å². The number of esters is 2. The third-order valence-electron chi connectivity index (χ3n) is 11.4. The van der Waals surface area contributed by atoms with Gasteiger partial charge in [0.2, 0.25) is 0 Å². The van der Waals surface area contributed by atoms with Crippen LogP contribution >= 0.6 is 0 Å². The summed E-state index contributed by atoms with van der Waals surface area (Å²) in [4.78, 5) is 38.1. The Hall–Kier alpha value is -2.77. The van der Waals surface area contributed by atoms with Crippen LogP contribution in [0.25, 0.3) is 0 Å². The lowest BCUT2D eigenvalue weighted by atomic mass is 9.47. The molecule has 4 N–H and O–H groups in total. The molecule has 5 aliphatic rings. The Kier molecular flexibility index (Phi) is 6.77. The number of aliphatic hydroxyl groups excluding tert-OH is 3. The molecule has 4 heterocycles. The van der Waals surface area contributed by atoms with Crippen molar-refractivity contribution in [2.75, 3.05) is 6.61 Å². The summed E-state index contributed by atoms with van der Waals surface area (Å²) in [6.45, 7) is 12.9. The fraction of sp³-hybridized carbons (Fsp3) is 0.710. The highest BCUT2D eigenvalue weighted by Gasteiger charge is 2.87. The topological polar surface area (TPSA) is 185 Å². The van der Waals surface area contributed by atoms with Gasteiger partial charge in [-0.15, -0.1) is 0 Å². The monoisotopic (exact) mass is 604 g/mol. The van der Waals surface area contributed by atoms with Gasteiger partial charge in [-0.3, -0.25) is 9.59 Å². The second-order valence-electron chi connectivity index (χ2n) is 13.9. The number of carboxylic acid groups (broad SMARTS) is 1. The van der Waals surface area contributed by atoms with Crippen molar-refractivity contribution in [3.63, 3.8) is 0 Å². The van der Waals surface area contributed by atoms with Gasteiger partial charge in [-0.25, -0.2) is 4.79 Å². The molecule has 0 unspecified atom stereocenters. The minimum atomic E-state index is -1.53. The molecule has 0 radical (unpaired) electrons. The van der Waals surface area contributed by atoms with Crippen LogP contribution < -0.4 is 0 Å². The first kappa shape index (κ1) is 30.3. The molecule has 1 spiro atoms. The molecule has 3 aliphatic heterocycles. The lowest BCUT2D eigenvalue weighted by molar-refractivity contribution is -0.247. The summed E-state index contributed by atoms with van der Waals surface area (Å²) >= 11 is 0. The van der Waals surface area contributed by atoms with Crippen molar-refractivity contribution >= 4 is 17.9 Å². The Morgan fingerprint density at radius 1 is 1.16 bits per heavy atom. The molecule has 0 bridgehead atoms. The summed E-state index contributed by atoms with van der Waals surface area (Å²) in [5.41, 5.74) is -4.00. The van der Waals surface area contributed by atoms with Crippen molar-refractivity contribution in [1.29, 1.82) is 0 Å². The van der Waals surface area contributed by atoms with Gasteiger partial charge in [0.15, 0.2) is 6.10 Å². The number of ether oxygens (including phenoxy) is 4. The van der Waals surface area contributed by atoms with E-state index in [0.717, 1.165) is 0 Å². The van der Waals surface area contributed by atoms with E-state index in [1.807, 2.05) is 0 Å². The van der Waals surface area contributed by atoms with Crippen molar-refractivity contribution < 1.29 is 58.2 Å². The number of fused-ring (bicyclic) bond motifs is 1. The first-order valence-corrected chi connectivity index (χ1v) is 14.7. The normalized spacial score (nSPS) is 47.4. The van der Waals surface area contributed by atoms with Crippen LogP contribution in [0.2, 0.25) is 0 Å². The van der Waals surface area contributed by atoms with E-state index >= 15 is 0 Å². The lowest BCUT2D eigenvalue weighted by Gasteiger charge is -2.61. The SMILES string of the molecule is C=C1[C@@H]([C@]2(C)[C@H]3CC(=O)O[C@@]3(C)CO[C@@H]2CC(=O)O)[C@@H](O)[C@H](OC(=O)[C@@H](O)C(C)C)[C@@]2(C)[C@H](c3ccoc3)[C@@H](O)[C@H]3O[C@]132. The highest BCUT2D eigenvalue weighted by atomic mass is 16.6. The maximum absolute atomic E-state index is 13.4. The Bertz CT molecular complexity index is 1340. The third kappa shape index (κ3) is 3.83. The second-order valence-corrected chi connectivity index (χ2v) is 13.9. The molecule has 2 aliphatic carbocycles. The van der Waals surface area contributed by atoms with Gasteiger partial charge < -0.3 is 43.8 Å². The zero-order valence-electron chi connectivity index (χ0n) is 24.9. The zero-order chi connectivity index (χ0) is 31.4. The van der Waals surface area contributed by atoms with Crippen LogP contribution in [-0.2, 0) is 33.3 Å². The summed E-state index contributed by atoms with van der Waals surface area (Å²) in [7, 11) is 0. The van der Waals surface area contributed by atoms with Gasteiger partial charge in [0, 0.05) is 23.2 Å². The van der Waals surface area contributed by atoms with Crippen LogP contribution in [0.15, 0.2) is 35.2 Å². The average Bonchev–Trinajstić information content (AvgIpc) is 3.19. The molecule has 1 aromatic rings. The summed E-state index contributed by atoms with van der Waals surface area (Å²) in [6.07, 6.45) is -4.80. The van der Waals surface area contributed by atoms with E-state index < -0.39 is 107 Å². The van der Waals surface area contributed by atoms with E-state index in [4.69, 9.17) is 23.4 Å². The van der Waals surface area contributed by atoms with Crippen molar-refractivity contribution in [2.24, 2.45) is 28.6 Å². The van der Waals surface area contributed by atoms with Gasteiger partial charge >= 0.3 is 17.9 Å². The van der Waals surface area contributed by atoms with Crippen LogP contribution in [0, 0.1) is 28.6 Å². The van der Waals surface area contributed by atoms with Crippen molar-refractivity contribution in [2.45, 2.75) is 101 Å². The van der Waals surface area contributed by atoms with Gasteiger partial charge in [0.1, 0.15) is 23.4 Å². The Morgan fingerprint density at radius 2 is 1.86 bits per heavy atom. The molecule has 1 aromatic heterocycles. The number of carboxylic acids is 1. The van der Waals surface area contributed by atoms with E-state index in [-0.39, 0.29) is 13.0 Å². The Balaban J connectivity index is 1.53.